The van der Waals surface area contributed by atoms with Gasteiger partial charge in [-0.1, -0.05) is 173 Å². The van der Waals surface area contributed by atoms with E-state index in [1.54, 1.807) is 77.9 Å². The number of halogens is 6. The largest absolute Gasteiger partial charge is 0.504 e. The van der Waals surface area contributed by atoms with Crippen LogP contribution in [0.15, 0.2) is 124 Å². The molecule has 132 heavy (non-hydrogen) atoms. The minimum atomic E-state index is -4.19. The zero-order valence-corrected chi connectivity index (χ0v) is 89.3. The van der Waals surface area contributed by atoms with Gasteiger partial charge in [0.25, 0.3) is 0 Å². The fourth-order valence-corrected chi connectivity index (χ4v) is 22.9. The number of nitrogens with two attached hydrogens (primary N) is 1. The van der Waals surface area contributed by atoms with Crippen LogP contribution < -0.4 is 5.73 Å². The Balaban J connectivity index is 0.000000196. The van der Waals surface area contributed by atoms with Gasteiger partial charge in [-0.2, -0.15) is 0 Å². The molecule has 2 aliphatic rings. The molecule has 0 aliphatic carbocycles. The summed E-state index contributed by atoms with van der Waals surface area (Å²) < 4.78 is 138. The lowest BCUT2D eigenvalue weighted by atomic mass is 9.97. The van der Waals surface area contributed by atoms with Crippen molar-refractivity contribution < 1.29 is 84.7 Å². The van der Waals surface area contributed by atoms with Gasteiger partial charge >= 0.3 is 11.9 Å². The lowest BCUT2D eigenvalue weighted by molar-refractivity contribution is -0.146. The van der Waals surface area contributed by atoms with Crippen molar-refractivity contribution in [3.05, 3.63) is 132 Å². The molecule has 13 rings (SSSR count). The molecule has 7 heterocycles. The van der Waals surface area contributed by atoms with Crippen molar-refractivity contribution in [2.45, 2.75) is 293 Å². The third-order valence-electron chi connectivity index (χ3n) is 21.3. The van der Waals surface area contributed by atoms with E-state index in [-0.39, 0.29) is 96.3 Å². The zero-order valence-electron chi connectivity index (χ0n) is 79.8. The van der Waals surface area contributed by atoms with Crippen molar-refractivity contribution >= 4 is 213 Å². The number of likely N-dealkylation sites (tertiary alicyclic amines) is 2. The second kappa shape index (κ2) is 41.0. The van der Waals surface area contributed by atoms with E-state index < -0.39 is 80.2 Å². The molecule has 5 aromatic heterocycles. The molecule has 0 amide bonds. The van der Waals surface area contributed by atoms with Crippen LogP contribution in [0.5, 0.6) is 5.75 Å². The minimum Gasteiger partial charge on any atom is -0.504 e. The van der Waals surface area contributed by atoms with Crippen molar-refractivity contribution in [3.63, 3.8) is 0 Å². The number of thiol groups is 1. The van der Waals surface area contributed by atoms with Crippen LogP contribution in [0.3, 0.4) is 0 Å². The Labute approximate surface area is 814 Å². The summed E-state index contributed by atoms with van der Waals surface area (Å²) >= 11 is 42.6. The molecule has 2 fully saturated rings. The van der Waals surface area contributed by atoms with Gasteiger partial charge in [0.2, 0.25) is 29.5 Å². The number of esters is 2. The smallest absolute Gasteiger partial charge is 0.327 e. The number of carbonyl (C=O) groups excluding carboxylic acids is 3. The predicted octanol–water partition coefficient (Wildman–Crippen LogP) is 23.4. The highest BCUT2D eigenvalue weighted by atomic mass is 35.5. The van der Waals surface area contributed by atoms with Crippen LogP contribution >= 0.6 is 94.0 Å². The van der Waals surface area contributed by atoms with Crippen LogP contribution in [0.2, 0.25) is 30.1 Å². The second-order valence-electron chi connectivity index (χ2n) is 40.1. The number of nitrogens with zero attached hydrogens (tertiary/aromatic N) is 7. The second-order valence-corrected chi connectivity index (χ2v) is 54.6. The van der Waals surface area contributed by atoms with E-state index in [1.165, 1.54) is 63.7 Å². The number of phenolic OH excluding ortho intramolecular Hbond substituents is 1. The quantitative estimate of drug-likeness (QED) is 0.0169. The molecule has 0 bridgehead atoms. The van der Waals surface area contributed by atoms with Crippen molar-refractivity contribution in [1.82, 2.24) is 34.7 Å². The molecule has 3 N–H and O–H groups in total. The predicted molar refractivity (Wildman–Crippen MR) is 529 cm³/mol. The van der Waals surface area contributed by atoms with E-state index >= 15 is 0 Å². The van der Waals surface area contributed by atoms with Crippen molar-refractivity contribution in [1.29, 1.82) is 0 Å². The number of aldehydes is 1. The first-order chi connectivity index (χ1) is 60.3. The number of phenols is 1. The number of aromatic nitrogens is 5. The number of fused-ring (bicyclic) bond motifs is 5. The highest BCUT2D eigenvalue weighted by molar-refractivity contribution is 8.01. The Morgan fingerprint density at radius 2 is 0.697 bits per heavy atom. The summed E-state index contributed by atoms with van der Waals surface area (Å²) in [5, 5.41) is 11.3. The maximum absolute atomic E-state index is 13.5. The molecule has 0 spiro atoms. The van der Waals surface area contributed by atoms with Gasteiger partial charge in [-0.05, 0) is 208 Å². The SMILES string of the molecule is CC(C)(C)c1nc2ccc(Cl)c(S(=O)(=O)C(C)(C)C=O)c2o1.CC(C)(C)c1nc2ccc(Cl)c(S(=O)(=O)C(C)(C)CN3CCCC3)c2o1.CC(C)(C)c1nc2ccc(Cl)c(S)c2o1.CC(C)(CN1CCCC1)S(=O)(=O)c1c(Cl)ccc(N)c1O.CCOC(=O)C(C)(C)S(=O)(=O)c1c(Cl)ccc2nc(C(C)(C)C)oc12.CCOC(=O)C(C)(C)Sc1c(Cl)ccc2nc(C(C)(C)C)oc12. The number of ether oxygens (including phenoxy) is 2. The molecule has 726 valence electrons. The zero-order chi connectivity index (χ0) is 99.9. The lowest BCUT2D eigenvalue weighted by Gasteiger charge is -2.30. The van der Waals surface area contributed by atoms with Gasteiger partial charge in [0.05, 0.1) is 68.3 Å². The van der Waals surface area contributed by atoms with Gasteiger partial charge in [-0.3, -0.25) is 9.59 Å². The number of anilines is 1. The van der Waals surface area contributed by atoms with E-state index in [9.17, 15) is 53.2 Å². The normalized spacial score (nSPS) is 14.5. The first-order valence-electron chi connectivity index (χ1n) is 42.7. The fraction of sp³-hybridized carbons (Fsp3) is 0.527. The number of oxazole rings is 5. The van der Waals surface area contributed by atoms with Crippen LogP contribution in [-0.2, 0) is 90.3 Å². The van der Waals surface area contributed by atoms with Crippen LogP contribution in [0.4, 0.5) is 5.69 Å². The molecule has 2 saturated heterocycles. The van der Waals surface area contributed by atoms with Crippen LogP contribution in [0.1, 0.15) is 242 Å². The molecule has 0 atom stereocenters. The molecule has 6 aromatic carbocycles. The van der Waals surface area contributed by atoms with E-state index in [0.717, 1.165) is 62.9 Å². The van der Waals surface area contributed by atoms with Gasteiger partial charge in [-0.25, -0.2) is 58.6 Å². The topological polar surface area (TPSA) is 389 Å². The maximum Gasteiger partial charge on any atom is 0.327 e. The maximum atomic E-state index is 13.5. The number of nitrogen functional groups attached to an aromatic ring is 1. The van der Waals surface area contributed by atoms with Crippen LogP contribution in [-0.4, -0.2) is 168 Å². The van der Waals surface area contributed by atoms with E-state index in [2.05, 4.69) is 68.1 Å². The van der Waals surface area contributed by atoms with Crippen molar-refractivity contribution in [3.8, 4) is 5.75 Å². The molecular formula is C93H122Cl6N8O19S6. The van der Waals surface area contributed by atoms with E-state index in [0.29, 0.717) is 103 Å². The van der Waals surface area contributed by atoms with E-state index in [4.69, 9.17) is 107 Å². The summed E-state index contributed by atoms with van der Waals surface area (Å²) in [4.78, 5) is 62.7. The summed E-state index contributed by atoms with van der Waals surface area (Å²) in [6.07, 6.45) is 4.78. The summed E-state index contributed by atoms with van der Waals surface area (Å²) in [5.74, 6) is 1.05. The third kappa shape index (κ3) is 24.2. The van der Waals surface area contributed by atoms with Crippen molar-refractivity contribution in [2.75, 3.05) is 58.2 Å². The van der Waals surface area contributed by atoms with Crippen LogP contribution in [0, 0.1) is 0 Å². The number of thioether (sulfide) groups is 1. The van der Waals surface area contributed by atoms with Gasteiger partial charge in [0.15, 0.2) is 77.8 Å². The number of benzene rings is 6. The monoisotopic (exact) mass is 2060 g/mol. The first kappa shape index (κ1) is 110. The number of rotatable bonds is 19. The summed E-state index contributed by atoms with van der Waals surface area (Å²) in [6.45, 7) is 53.7. The average Bonchev–Trinajstić information content (AvgIpc) is 1.52. The number of hydrogen-bond acceptors (Lipinski definition) is 29. The minimum absolute atomic E-state index is 0.00352. The molecule has 39 heteroatoms. The number of sulfone groups is 4. The third-order valence-corrected chi connectivity index (χ3v) is 35.6. The van der Waals surface area contributed by atoms with Gasteiger partial charge < -0.3 is 57.0 Å². The molecule has 0 saturated carbocycles. The van der Waals surface area contributed by atoms with Crippen LogP contribution in [0.25, 0.3) is 55.5 Å². The van der Waals surface area contributed by atoms with Crippen molar-refractivity contribution in [2.24, 2.45) is 0 Å². The highest BCUT2D eigenvalue weighted by Gasteiger charge is 2.49. The molecule has 11 aromatic rings. The molecule has 0 radical (unpaired) electrons. The standard InChI is InChI=1S/C19H27ClN2O3S.C17H22ClNO5S.C17H22ClNO3S.C15H18ClNO4S.C14H21ClN2O3S.C11H12ClNOS/c1-18(2,3)17-21-14-9-8-13(20)16(15(14)25-17)26(23,24)19(4,5)12-22-10-6-7-11-22;1-7-23-15(20)17(5,6)25(21,22)13-10(18)8-9-11-12(13)24-14(19-11)16(2,3)4;1-7-21-15(20)17(5,6)23-13-10(18)8-9-11-12(13)22-14(19-11)16(2,3)4;1-14(2,3)13-17-10-7-6-9(16)12(11(10)21-13)22(19,20)15(4,5)8-18;1-14(2,9-17-7-3-4-8-17)21(19,20)13-10(15)5-6-11(16)12(13)18;1-11(2,3)10-13-7-5-4-6(12)9(15)8(7)14-10/h8-9H,6-7,10-12H2,1-5H3;8-9H,7H2,1-6H3;8-9H,7H2,1-6H3;6-8H,1-5H3;5-6,18H,3-4,7-9,16H2,1-2H3;4-5,15H,1-3H3. The Morgan fingerprint density at radius 3 is 1.05 bits per heavy atom. The first-order valence-corrected chi connectivity index (χ1v) is 52.1. The Bertz CT molecular complexity index is 6590. The molecule has 27 nitrogen and oxygen atoms in total. The number of aromatic hydroxyl groups is 1. The molecule has 2 aliphatic heterocycles. The van der Waals surface area contributed by atoms with Gasteiger partial charge in [-0.15, -0.1) is 24.4 Å². The average molecular weight is 2060 g/mol. The van der Waals surface area contributed by atoms with Gasteiger partial charge in [0, 0.05) is 40.2 Å². The highest BCUT2D eigenvalue weighted by Crippen LogP contribution is 2.48. The summed E-state index contributed by atoms with van der Waals surface area (Å²) in [7, 11) is -15.7. The number of carbonyl (C=O) groups is 3. The summed E-state index contributed by atoms with van der Waals surface area (Å²) in [5.41, 5.74) is 8.70. The Kier molecular flexibility index (Phi) is 34.3. The fourth-order valence-electron chi connectivity index (χ4n) is 13.3. The Morgan fingerprint density at radius 1 is 0.417 bits per heavy atom. The van der Waals surface area contributed by atoms with E-state index in [1.807, 2.05) is 109 Å². The van der Waals surface area contributed by atoms with Gasteiger partial charge in [0.1, 0.15) is 62.9 Å². The summed E-state index contributed by atoms with van der Waals surface area (Å²) in [6, 6.07) is 19.4. The molecule has 0 unspecified atom stereocenters. The molecular weight excluding hydrogens is 1940 g/mol. The number of hydrogen-bond donors (Lipinski definition) is 3. The Hall–Kier alpha value is -6.96. The lowest BCUT2D eigenvalue weighted by Crippen LogP contribution is -2.43.